The standard InChI is InChI=1S/C18H24N2O/c1-14-10-17(12-20-11-14)13-21-18-8-6-16(7-9-18)5-4-15(2)19-3/h6-12,15,19H,4-5,13H2,1-3H3. The highest BCUT2D eigenvalue weighted by molar-refractivity contribution is 5.28. The predicted octanol–water partition coefficient (Wildman–Crippen LogP) is 3.51. The fourth-order valence-corrected chi connectivity index (χ4v) is 2.14. The first-order chi connectivity index (χ1) is 10.2. The summed E-state index contributed by atoms with van der Waals surface area (Å²) in [6.45, 7) is 4.80. The molecule has 0 bridgehead atoms. The molecule has 0 saturated heterocycles. The number of pyridine rings is 1. The van der Waals surface area contributed by atoms with E-state index in [1.54, 1.807) is 0 Å². The summed E-state index contributed by atoms with van der Waals surface area (Å²) >= 11 is 0. The maximum Gasteiger partial charge on any atom is 0.119 e. The average Bonchev–Trinajstić information content (AvgIpc) is 2.51. The van der Waals surface area contributed by atoms with E-state index in [0.29, 0.717) is 12.6 Å². The highest BCUT2D eigenvalue weighted by Gasteiger charge is 2.01. The lowest BCUT2D eigenvalue weighted by molar-refractivity contribution is 0.305. The molecule has 3 heteroatoms. The molecule has 1 N–H and O–H groups in total. The van der Waals surface area contributed by atoms with E-state index in [9.17, 15) is 0 Å². The van der Waals surface area contributed by atoms with Gasteiger partial charge in [0.1, 0.15) is 12.4 Å². The largest absolute Gasteiger partial charge is 0.489 e. The van der Waals surface area contributed by atoms with Gasteiger partial charge in [-0.05, 0) is 63.1 Å². The Bertz CT molecular complexity index is 551. The van der Waals surface area contributed by atoms with Crippen LogP contribution in [0, 0.1) is 6.92 Å². The van der Waals surface area contributed by atoms with Crippen LogP contribution in [0.5, 0.6) is 5.75 Å². The van der Waals surface area contributed by atoms with Gasteiger partial charge in [-0.15, -0.1) is 0 Å². The molecule has 3 nitrogen and oxygen atoms in total. The van der Waals surface area contributed by atoms with Crippen molar-refractivity contribution in [1.82, 2.24) is 10.3 Å². The van der Waals surface area contributed by atoms with E-state index in [1.807, 2.05) is 38.5 Å². The third kappa shape index (κ3) is 5.20. The van der Waals surface area contributed by atoms with E-state index in [1.165, 1.54) is 5.56 Å². The number of nitrogens with zero attached hydrogens (tertiary/aromatic N) is 1. The smallest absolute Gasteiger partial charge is 0.119 e. The van der Waals surface area contributed by atoms with Crippen molar-refractivity contribution in [3.63, 3.8) is 0 Å². The monoisotopic (exact) mass is 284 g/mol. The van der Waals surface area contributed by atoms with Crippen molar-refractivity contribution in [2.45, 2.75) is 39.3 Å². The Morgan fingerprint density at radius 1 is 1.14 bits per heavy atom. The number of hydrogen-bond acceptors (Lipinski definition) is 3. The number of benzene rings is 1. The van der Waals surface area contributed by atoms with Crippen molar-refractivity contribution < 1.29 is 4.74 Å². The van der Waals surface area contributed by atoms with Crippen molar-refractivity contribution in [2.75, 3.05) is 7.05 Å². The van der Waals surface area contributed by atoms with Crippen LogP contribution >= 0.6 is 0 Å². The molecule has 1 atom stereocenters. The Labute approximate surface area is 127 Å². The van der Waals surface area contributed by atoms with Gasteiger partial charge in [0.2, 0.25) is 0 Å². The topological polar surface area (TPSA) is 34.1 Å². The Morgan fingerprint density at radius 2 is 1.90 bits per heavy atom. The van der Waals surface area contributed by atoms with Crippen molar-refractivity contribution >= 4 is 0 Å². The van der Waals surface area contributed by atoms with Crippen LogP contribution < -0.4 is 10.1 Å². The highest BCUT2D eigenvalue weighted by atomic mass is 16.5. The summed E-state index contributed by atoms with van der Waals surface area (Å²) in [4.78, 5) is 4.17. The maximum atomic E-state index is 5.80. The summed E-state index contributed by atoms with van der Waals surface area (Å²) in [6.07, 6.45) is 5.93. The second kappa shape index (κ2) is 7.79. The fraction of sp³-hybridized carbons (Fsp3) is 0.389. The fourth-order valence-electron chi connectivity index (χ4n) is 2.14. The lowest BCUT2D eigenvalue weighted by atomic mass is 10.1. The summed E-state index contributed by atoms with van der Waals surface area (Å²) < 4.78 is 5.80. The van der Waals surface area contributed by atoms with Crippen LogP contribution in [0.15, 0.2) is 42.7 Å². The van der Waals surface area contributed by atoms with Gasteiger partial charge in [0.25, 0.3) is 0 Å². The van der Waals surface area contributed by atoms with Crippen molar-refractivity contribution in [3.05, 3.63) is 59.4 Å². The van der Waals surface area contributed by atoms with Gasteiger partial charge in [0, 0.05) is 24.0 Å². The molecule has 2 aromatic rings. The van der Waals surface area contributed by atoms with Crippen LogP contribution in [0.4, 0.5) is 0 Å². The molecule has 0 saturated carbocycles. The molecule has 0 aliphatic rings. The van der Waals surface area contributed by atoms with Gasteiger partial charge in [-0.25, -0.2) is 0 Å². The summed E-state index contributed by atoms with van der Waals surface area (Å²) in [5.74, 6) is 0.905. The van der Waals surface area contributed by atoms with Crippen molar-refractivity contribution in [1.29, 1.82) is 0 Å². The van der Waals surface area contributed by atoms with E-state index >= 15 is 0 Å². The highest BCUT2D eigenvalue weighted by Crippen LogP contribution is 2.15. The maximum absolute atomic E-state index is 5.80. The van der Waals surface area contributed by atoms with E-state index in [-0.39, 0.29) is 0 Å². The number of aromatic nitrogens is 1. The molecule has 0 aliphatic heterocycles. The number of hydrogen-bond donors (Lipinski definition) is 1. The molecule has 21 heavy (non-hydrogen) atoms. The second-order valence-electron chi connectivity index (χ2n) is 5.53. The molecule has 1 aromatic heterocycles. The first kappa shape index (κ1) is 15.5. The SMILES string of the molecule is CNC(C)CCc1ccc(OCc2cncc(C)c2)cc1. The van der Waals surface area contributed by atoms with Crippen LogP contribution in [-0.2, 0) is 13.0 Å². The molecule has 1 heterocycles. The first-order valence-electron chi connectivity index (χ1n) is 7.47. The van der Waals surface area contributed by atoms with Crippen LogP contribution in [0.2, 0.25) is 0 Å². The molecule has 112 valence electrons. The van der Waals surface area contributed by atoms with E-state index < -0.39 is 0 Å². The third-order valence-electron chi connectivity index (χ3n) is 3.62. The number of rotatable bonds is 7. The Hall–Kier alpha value is -1.87. The molecule has 2 rings (SSSR count). The molecular weight excluding hydrogens is 260 g/mol. The predicted molar refractivity (Wildman–Crippen MR) is 86.6 cm³/mol. The van der Waals surface area contributed by atoms with Gasteiger partial charge < -0.3 is 10.1 Å². The minimum Gasteiger partial charge on any atom is -0.489 e. The van der Waals surface area contributed by atoms with Gasteiger partial charge in [-0.2, -0.15) is 0 Å². The third-order valence-corrected chi connectivity index (χ3v) is 3.62. The van der Waals surface area contributed by atoms with Gasteiger partial charge in [0.05, 0.1) is 0 Å². The molecule has 1 unspecified atom stereocenters. The molecule has 0 radical (unpaired) electrons. The van der Waals surface area contributed by atoms with E-state index in [2.05, 4.69) is 35.4 Å². The van der Waals surface area contributed by atoms with Crippen LogP contribution in [0.1, 0.15) is 30.0 Å². The Balaban J connectivity index is 1.85. The molecule has 0 aliphatic carbocycles. The van der Waals surface area contributed by atoms with Gasteiger partial charge in [-0.1, -0.05) is 12.1 Å². The lowest BCUT2D eigenvalue weighted by Gasteiger charge is -2.10. The zero-order valence-corrected chi connectivity index (χ0v) is 13.1. The minimum atomic E-state index is 0.551. The lowest BCUT2D eigenvalue weighted by Crippen LogP contribution is -2.21. The van der Waals surface area contributed by atoms with E-state index in [0.717, 1.165) is 29.7 Å². The Morgan fingerprint density at radius 3 is 2.57 bits per heavy atom. The van der Waals surface area contributed by atoms with Gasteiger partial charge in [0.15, 0.2) is 0 Å². The quantitative estimate of drug-likeness (QED) is 0.845. The first-order valence-corrected chi connectivity index (χ1v) is 7.47. The second-order valence-corrected chi connectivity index (χ2v) is 5.53. The molecule has 0 fully saturated rings. The molecule has 1 aromatic carbocycles. The normalized spacial score (nSPS) is 12.1. The summed E-state index contributed by atoms with van der Waals surface area (Å²) in [6, 6.07) is 11.0. The van der Waals surface area contributed by atoms with Gasteiger partial charge >= 0.3 is 0 Å². The average molecular weight is 284 g/mol. The van der Waals surface area contributed by atoms with E-state index in [4.69, 9.17) is 4.74 Å². The number of ether oxygens (including phenoxy) is 1. The van der Waals surface area contributed by atoms with Crippen LogP contribution in [-0.4, -0.2) is 18.1 Å². The van der Waals surface area contributed by atoms with Crippen molar-refractivity contribution in [2.24, 2.45) is 0 Å². The molecular formula is C18H24N2O. The van der Waals surface area contributed by atoms with Gasteiger partial charge in [-0.3, -0.25) is 4.98 Å². The Kier molecular flexibility index (Phi) is 5.76. The molecule has 0 spiro atoms. The number of nitrogens with one attached hydrogen (secondary N) is 1. The van der Waals surface area contributed by atoms with Crippen LogP contribution in [0.25, 0.3) is 0 Å². The summed E-state index contributed by atoms with van der Waals surface area (Å²) in [5.41, 5.74) is 3.61. The van der Waals surface area contributed by atoms with Crippen molar-refractivity contribution in [3.8, 4) is 5.75 Å². The molecule has 0 amide bonds. The zero-order valence-electron chi connectivity index (χ0n) is 13.1. The zero-order chi connectivity index (χ0) is 15.1. The van der Waals surface area contributed by atoms with Crippen LogP contribution in [0.3, 0.4) is 0 Å². The summed E-state index contributed by atoms with van der Waals surface area (Å²) in [5, 5.41) is 3.26. The summed E-state index contributed by atoms with van der Waals surface area (Å²) in [7, 11) is 2.00. The minimum absolute atomic E-state index is 0.551. The number of aryl methyl sites for hydroxylation is 2.